The van der Waals surface area contributed by atoms with Crippen LogP contribution < -0.4 is 0 Å². The van der Waals surface area contributed by atoms with Gasteiger partial charge in [0.1, 0.15) is 12.2 Å². The Morgan fingerprint density at radius 3 is 1.69 bits per heavy atom. The number of carbonyl (C=O) groups is 4. The Morgan fingerprint density at radius 1 is 0.762 bits per heavy atom. The minimum Gasteiger partial charge on any atom is -0.459 e. The van der Waals surface area contributed by atoms with Crippen LogP contribution in [0.2, 0.25) is 0 Å². The number of carbonyl (C=O) groups excluding carboxylic acids is 4. The van der Waals surface area contributed by atoms with Crippen molar-refractivity contribution in [2.75, 3.05) is 19.7 Å². The lowest BCUT2D eigenvalue weighted by Crippen LogP contribution is -2.68. The summed E-state index contributed by atoms with van der Waals surface area (Å²) in [4.78, 5) is 53.4. The predicted molar refractivity (Wildman–Crippen MR) is 151 cm³/mol. The Balaban J connectivity index is 1.69. The molecule has 1 saturated heterocycles. The zero-order valence-electron chi connectivity index (χ0n) is 23.6. The second-order valence-corrected chi connectivity index (χ2v) is 10.9. The normalized spacial score (nSPS) is 20.2. The maximum absolute atomic E-state index is 13.2. The number of esters is 3. The average Bonchev–Trinajstić information content (AvgIpc) is 2.98. The molecule has 0 radical (unpaired) electrons. The Morgan fingerprint density at radius 2 is 1.21 bits per heavy atom. The molecule has 1 N–H and O–H groups in total. The Bertz CT molecular complexity index is 1390. The van der Waals surface area contributed by atoms with E-state index in [0.717, 1.165) is 4.90 Å². The first-order valence-corrected chi connectivity index (χ1v) is 13.4. The summed E-state index contributed by atoms with van der Waals surface area (Å²) in [6.07, 6.45) is -3.68. The third-order valence-corrected chi connectivity index (χ3v) is 6.36. The second-order valence-electron chi connectivity index (χ2n) is 10.9. The van der Waals surface area contributed by atoms with Crippen molar-refractivity contribution in [3.8, 4) is 0 Å². The van der Waals surface area contributed by atoms with Crippen LogP contribution in [0.1, 0.15) is 51.8 Å². The smallest absolute Gasteiger partial charge is 0.410 e. The highest BCUT2D eigenvalue weighted by atomic mass is 16.6. The van der Waals surface area contributed by atoms with Crippen LogP contribution in [-0.4, -0.2) is 77.1 Å². The molecule has 0 spiro atoms. The van der Waals surface area contributed by atoms with E-state index < -0.39 is 60.6 Å². The molecule has 1 aliphatic heterocycles. The summed E-state index contributed by atoms with van der Waals surface area (Å²) in [6, 6.07) is 24.3. The van der Waals surface area contributed by atoms with Gasteiger partial charge in [0.05, 0.1) is 29.8 Å². The summed E-state index contributed by atoms with van der Waals surface area (Å²) in [5.74, 6) is -2.32. The number of nitrogens with zero attached hydrogens (tertiary/aromatic N) is 1. The summed E-state index contributed by atoms with van der Waals surface area (Å²) in [5, 5.41) is 12.0. The molecule has 42 heavy (non-hydrogen) atoms. The van der Waals surface area contributed by atoms with Gasteiger partial charge in [0, 0.05) is 0 Å². The maximum atomic E-state index is 13.2. The first-order chi connectivity index (χ1) is 19.9. The van der Waals surface area contributed by atoms with E-state index in [0.29, 0.717) is 0 Å². The minimum absolute atomic E-state index is 0.184. The van der Waals surface area contributed by atoms with Gasteiger partial charge >= 0.3 is 24.0 Å². The molecule has 10 nitrogen and oxygen atoms in total. The summed E-state index contributed by atoms with van der Waals surface area (Å²) < 4.78 is 22.5. The standard InChI is InChI=1S/C32H33NO9/c1-31(2,3)42-30(37)33-19-25(40-28(35)23-15-9-5-10-16-23)26(41-29(36)24-17-11-6-12-18-24)32(38,20-33)21-39-27(34)22-13-7-4-8-14-22/h4-18,25-26,38H,19-21H2,1-3H3/t25-,26+,32+/m1/s1. The van der Waals surface area contributed by atoms with Crippen LogP contribution >= 0.6 is 0 Å². The zero-order chi connectivity index (χ0) is 30.3. The fraction of sp³-hybridized carbons (Fsp3) is 0.312. The van der Waals surface area contributed by atoms with Crippen molar-refractivity contribution in [3.63, 3.8) is 0 Å². The van der Waals surface area contributed by atoms with Gasteiger partial charge in [-0.15, -0.1) is 0 Å². The van der Waals surface area contributed by atoms with E-state index in [1.165, 1.54) is 36.4 Å². The summed E-state index contributed by atoms with van der Waals surface area (Å²) in [6.45, 7) is 3.64. The SMILES string of the molecule is CC(C)(C)OC(=O)N1C[C@@H](OC(=O)c2ccccc2)[C@H](OC(=O)c2ccccc2)[C@@](O)(COC(=O)c2ccccc2)C1. The number of hydrogen-bond acceptors (Lipinski definition) is 9. The van der Waals surface area contributed by atoms with Crippen molar-refractivity contribution in [2.24, 2.45) is 0 Å². The molecule has 1 amide bonds. The van der Waals surface area contributed by atoms with Crippen LogP contribution in [0.3, 0.4) is 0 Å². The summed E-state index contributed by atoms with van der Waals surface area (Å²) in [5.41, 5.74) is -2.44. The first-order valence-electron chi connectivity index (χ1n) is 13.4. The molecule has 0 aliphatic carbocycles. The number of amides is 1. The number of rotatable bonds is 7. The van der Waals surface area contributed by atoms with Gasteiger partial charge in [-0.05, 0) is 57.2 Å². The topological polar surface area (TPSA) is 129 Å². The van der Waals surface area contributed by atoms with Gasteiger partial charge in [-0.3, -0.25) is 0 Å². The van der Waals surface area contributed by atoms with E-state index in [1.807, 2.05) is 0 Å². The van der Waals surface area contributed by atoms with Crippen molar-refractivity contribution >= 4 is 24.0 Å². The second kappa shape index (κ2) is 12.9. The predicted octanol–water partition coefficient (Wildman–Crippen LogP) is 4.28. The van der Waals surface area contributed by atoms with E-state index in [9.17, 15) is 24.3 Å². The molecule has 0 aromatic heterocycles. The number of β-amino-alcohol motifs (C(OH)–C–C–N with tert-alkyl or cyclic N) is 1. The van der Waals surface area contributed by atoms with Crippen LogP contribution in [0.5, 0.6) is 0 Å². The lowest BCUT2D eigenvalue weighted by atomic mass is 9.88. The van der Waals surface area contributed by atoms with Crippen molar-refractivity contribution in [3.05, 3.63) is 108 Å². The molecule has 1 fully saturated rings. The highest BCUT2D eigenvalue weighted by Crippen LogP contribution is 2.30. The quantitative estimate of drug-likeness (QED) is 0.324. The van der Waals surface area contributed by atoms with Crippen LogP contribution in [0, 0.1) is 0 Å². The van der Waals surface area contributed by atoms with Gasteiger partial charge in [-0.25, -0.2) is 19.2 Å². The van der Waals surface area contributed by atoms with E-state index in [-0.39, 0.29) is 23.2 Å². The van der Waals surface area contributed by atoms with Gasteiger partial charge in [-0.2, -0.15) is 0 Å². The fourth-order valence-corrected chi connectivity index (χ4v) is 4.41. The highest BCUT2D eigenvalue weighted by Gasteiger charge is 2.54. The van der Waals surface area contributed by atoms with E-state index in [4.69, 9.17) is 18.9 Å². The summed E-state index contributed by atoms with van der Waals surface area (Å²) in [7, 11) is 0. The Labute approximate surface area is 243 Å². The number of ether oxygens (including phenoxy) is 4. The molecule has 1 aliphatic rings. The lowest BCUT2D eigenvalue weighted by molar-refractivity contribution is -0.185. The lowest BCUT2D eigenvalue weighted by Gasteiger charge is -2.46. The average molecular weight is 576 g/mol. The zero-order valence-corrected chi connectivity index (χ0v) is 23.6. The minimum atomic E-state index is -2.19. The maximum Gasteiger partial charge on any atom is 0.410 e. The van der Waals surface area contributed by atoms with E-state index in [2.05, 4.69) is 0 Å². The molecule has 0 unspecified atom stereocenters. The van der Waals surface area contributed by atoms with Crippen molar-refractivity contribution in [1.29, 1.82) is 0 Å². The van der Waals surface area contributed by atoms with Gasteiger partial charge in [-0.1, -0.05) is 54.6 Å². The molecule has 10 heteroatoms. The molecular weight excluding hydrogens is 542 g/mol. The van der Waals surface area contributed by atoms with Gasteiger partial charge in [0.15, 0.2) is 17.8 Å². The van der Waals surface area contributed by atoms with E-state index >= 15 is 0 Å². The molecule has 0 saturated carbocycles. The van der Waals surface area contributed by atoms with Crippen LogP contribution in [0.25, 0.3) is 0 Å². The number of benzene rings is 3. The van der Waals surface area contributed by atoms with Crippen molar-refractivity contribution < 1.29 is 43.2 Å². The van der Waals surface area contributed by atoms with Gasteiger partial charge in [0.25, 0.3) is 0 Å². The van der Waals surface area contributed by atoms with E-state index in [1.54, 1.807) is 75.4 Å². The number of likely N-dealkylation sites (tertiary alicyclic amines) is 1. The third-order valence-electron chi connectivity index (χ3n) is 6.36. The number of piperidine rings is 1. The third kappa shape index (κ3) is 7.73. The van der Waals surface area contributed by atoms with Crippen molar-refractivity contribution in [2.45, 2.75) is 44.2 Å². The molecule has 1 heterocycles. The largest absolute Gasteiger partial charge is 0.459 e. The molecule has 3 atom stereocenters. The fourth-order valence-electron chi connectivity index (χ4n) is 4.41. The molecule has 3 aromatic rings. The van der Waals surface area contributed by atoms with Crippen molar-refractivity contribution in [1.82, 2.24) is 4.90 Å². The summed E-state index contributed by atoms with van der Waals surface area (Å²) >= 11 is 0. The van der Waals surface area contributed by atoms with Crippen LogP contribution in [0.4, 0.5) is 4.79 Å². The Kier molecular flexibility index (Phi) is 9.27. The van der Waals surface area contributed by atoms with Crippen LogP contribution in [-0.2, 0) is 18.9 Å². The van der Waals surface area contributed by atoms with Gasteiger partial charge in [0.2, 0.25) is 0 Å². The molecule has 4 rings (SSSR count). The number of aliphatic hydroxyl groups is 1. The number of hydrogen-bond donors (Lipinski definition) is 1. The first kappa shape index (κ1) is 30.3. The monoisotopic (exact) mass is 575 g/mol. The molecular formula is C32H33NO9. The molecule has 3 aromatic carbocycles. The molecule has 220 valence electrons. The van der Waals surface area contributed by atoms with Crippen LogP contribution in [0.15, 0.2) is 91.0 Å². The Hall–Kier alpha value is -4.70. The van der Waals surface area contributed by atoms with Gasteiger partial charge < -0.3 is 29.0 Å². The molecule has 0 bridgehead atoms. The highest BCUT2D eigenvalue weighted by molar-refractivity contribution is 5.91.